The van der Waals surface area contributed by atoms with Crippen LogP contribution in [0.2, 0.25) is 0 Å². The molecule has 0 radical (unpaired) electrons. The second kappa shape index (κ2) is 6.99. The number of phenols is 1. The number of phenolic OH excluding ortho intramolecular Hbond substituents is 1. The first-order valence-electron chi connectivity index (χ1n) is 6.22. The van der Waals surface area contributed by atoms with Gasteiger partial charge in [-0.3, -0.25) is 4.79 Å². The molecule has 0 unspecified atom stereocenters. The number of ketones is 1. The van der Waals surface area contributed by atoms with Gasteiger partial charge in [-0.2, -0.15) is 0 Å². The number of unbranched alkanes of at least 4 members (excludes halogenated alkanes) is 1. The van der Waals surface area contributed by atoms with Crippen molar-refractivity contribution in [2.75, 3.05) is 6.61 Å². The molecule has 0 amide bonds. The average Bonchev–Trinajstić information content (AvgIpc) is 2.37. The average molecular weight is 254 g/mol. The lowest BCUT2D eigenvalue weighted by Crippen LogP contribution is -2.03. The molecule has 0 spiro atoms. The highest BCUT2D eigenvalue weighted by Crippen LogP contribution is 2.33. The third kappa shape index (κ3) is 3.22. The monoisotopic (exact) mass is 254 g/mol. The molecule has 100 valence electrons. The maximum Gasteiger partial charge on any atom is 0.166 e. The number of hydrogen-bond donors (Lipinski definition) is 1. The quantitative estimate of drug-likeness (QED) is 0.756. The van der Waals surface area contributed by atoms with E-state index in [1.54, 1.807) is 6.92 Å². The highest BCUT2D eigenvalue weighted by atomic mass is 19.1. The third-order valence-electron chi connectivity index (χ3n) is 2.73. The van der Waals surface area contributed by atoms with Crippen LogP contribution >= 0.6 is 0 Å². The Hall–Kier alpha value is -1.58. The van der Waals surface area contributed by atoms with Gasteiger partial charge < -0.3 is 9.84 Å². The van der Waals surface area contributed by atoms with E-state index in [1.807, 2.05) is 6.92 Å². The summed E-state index contributed by atoms with van der Waals surface area (Å²) in [7, 11) is 0. The Morgan fingerprint density at radius 1 is 1.39 bits per heavy atom. The van der Waals surface area contributed by atoms with Crippen LogP contribution in [0.25, 0.3) is 0 Å². The van der Waals surface area contributed by atoms with Crippen molar-refractivity contribution in [3.63, 3.8) is 0 Å². The summed E-state index contributed by atoms with van der Waals surface area (Å²) in [6, 6.07) is 3.04. The molecule has 0 aromatic heterocycles. The Bertz CT molecular complexity index is 416. The summed E-state index contributed by atoms with van der Waals surface area (Å²) in [6.07, 6.45) is 2.03. The molecule has 0 saturated heterocycles. The normalized spacial score (nSPS) is 10.4. The van der Waals surface area contributed by atoms with Crippen molar-refractivity contribution >= 4 is 5.78 Å². The van der Waals surface area contributed by atoms with Gasteiger partial charge >= 0.3 is 0 Å². The number of aromatic hydroxyl groups is 1. The minimum Gasteiger partial charge on any atom is -0.507 e. The number of Topliss-reactive ketones (excluding diaryl/α,β-unsaturated/α-hetero) is 1. The Morgan fingerprint density at radius 3 is 2.67 bits per heavy atom. The van der Waals surface area contributed by atoms with Gasteiger partial charge in [0.1, 0.15) is 18.2 Å². The topological polar surface area (TPSA) is 46.5 Å². The van der Waals surface area contributed by atoms with Crippen LogP contribution in [-0.2, 0) is 6.67 Å². The summed E-state index contributed by atoms with van der Waals surface area (Å²) in [5.74, 6) is -0.152. The number of rotatable bonds is 7. The highest BCUT2D eigenvalue weighted by molar-refractivity contribution is 5.99. The number of carbonyl (C=O) groups is 1. The smallest absolute Gasteiger partial charge is 0.166 e. The van der Waals surface area contributed by atoms with Crippen LogP contribution in [0.15, 0.2) is 12.1 Å². The van der Waals surface area contributed by atoms with E-state index in [2.05, 4.69) is 0 Å². The number of hydrogen-bond acceptors (Lipinski definition) is 3. The molecule has 0 aliphatic carbocycles. The van der Waals surface area contributed by atoms with Crippen LogP contribution in [0.5, 0.6) is 11.5 Å². The zero-order valence-electron chi connectivity index (χ0n) is 10.8. The van der Waals surface area contributed by atoms with Crippen LogP contribution in [0.4, 0.5) is 4.39 Å². The molecule has 1 aromatic carbocycles. The Kier molecular flexibility index (Phi) is 5.62. The third-order valence-corrected chi connectivity index (χ3v) is 2.73. The molecule has 0 bridgehead atoms. The van der Waals surface area contributed by atoms with Crippen LogP contribution in [0, 0.1) is 0 Å². The minimum absolute atomic E-state index is 0.0548. The van der Waals surface area contributed by atoms with Gasteiger partial charge in [0.05, 0.1) is 17.7 Å². The first-order valence-corrected chi connectivity index (χ1v) is 6.22. The summed E-state index contributed by atoms with van der Waals surface area (Å²) in [6.45, 7) is 3.29. The predicted molar refractivity (Wildman–Crippen MR) is 67.9 cm³/mol. The van der Waals surface area contributed by atoms with Gasteiger partial charge in [-0.1, -0.05) is 13.3 Å². The van der Waals surface area contributed by atoms with Crippen molar-refractivity contribution < 1.29 is 19.0 Å². The highest BCUT2D eigenvalue weighted by Gasteiger charge is 2.17. The molecule has 1 aromatic rings. The first kappa shape index (κ1) is 14.5. The van der Waals surface area contributed by atoms with E-state index in [1.165, 1.54) is 12.1 Å². The van der Waals surface area contributed by atoms with Gasteiger partial charge in [-0.25, -0.2) is 4.39 Å². The van der Waals surface area contributed by atoms with Crippen LogP contribution < -0.4 is 4.74 Å². The number of ether oxygens (including phenoxy) is 1. The van der Waals surface area contributed by atoms with Gasteiger partial charge in [-0.15, -0.1) is 0 Å². The fourth-order valence-corrected chi connectivity index (χ4v) is 1.73. The lowest BCUT2D eigenvalue weighted by Gasteiger charge is -2.12. The van der Waals surface area contributed by atoms with Gasteiger partial charge in [-0.05, 0) is 25.5 Å². The van der Waals surface area contributed by atoms with Gasteiger partial charge in [0, 0.05) is 6.42 Å². The van der Waals surface area contributed by atoms with Gasteiger partial charge in [0.15, 0.2) is 5.78 Å². The minimum atomic E-state index is -0.851. The SMILES string of the molecule is CCCCC(=O)c1ccc(OCC)c(CF)c1O. The van der Waals surface area contributed by atoms with Crippen LogP contribution in [-0.4, -0.2) is 17.5 Å². The van der Waals surface area contributed by atoms with Gasteiger partial charge in [0.25, 0.3) is 0 Å². The van der Waals surface area contributed by atoms with E-state index in [-0.39, 0.29) is 22.7 Å². The summed E-state index contributed by atoms with van der Waals surface area (Å²) < 4.78 is 18.1. The number of carbonyl (C=O) groups excluding carboxylic acids is 1. The predicted octanol–water partition coefficient (Wildman–Crippen LogP) is 3.63. The molecule has 0 aliphatic rings. The molecule has 1 rings (SSSR count). The molecule has 3 nitrogen and oxygen atoms in total. The van der Waals surface area contributed by atoms with E-state index in [4.69, 9.17) is 4.74 Å². The van der Waals surface area contributed by atoms with Crippen molar-refractivity contribution in [2.24, 2.45) is 0 Å². The lowest BCUT2D eigenvalue weighted by atomic mass is 10.0. The number of halogens is 1. The Balaban J connectivity index is 3.04. The summed E-state index contributed by atoms with van der Waals surface area (Å²) in [5, 5.41) is 9.93. The molecule has 18 heavy (non-hydrogen) atoms. The van der Waals surface area contributed by atoms with Crippen molar-refractivity contribution in [1.29, 1.82) is 0 Å². The van der Waals surface area contributed by atoms with E-state index < -0.39 is 6.67 Å². The summed E-state index contributed by atoms with van der Waals surface area (Å²) in [5.41, 5.74) is 0.235. The summed E-state index contributed by atoms with van der Waals surface area (Å²) >= 11 is 0. The molecule has 4 heteroatoms. The second-order valence-electron chi connectivity index (χ2n) is 4.03. The molecule has 0 heterocycles. The molecule has 0 fully saturated rings. The van der Waals surface area contributed by atoms with Crippen molar-refractivity contribution in [3.8, 4) is 11.5 Å². The second-order valence-corrected chi connectivity index (χ2v) is 4.03. The molecule has 0 saturated carbocycles. The van der Waals surface area contributed by atoms with Gasteiger partial charge in [0.2, 0.25) is 0 Å². The van der Waals surface area contributed by atoms with Crippen molar-refractivity contribution in [3.05, 3.63) is 23.3 Å². The number of alkyl halides is 1. The van der Waals surface area contributed by atoms with Crippen molar-refractivity contribution in [2.45, 2.75) is 39.8 Å². The largest absolute Gasteiger partial charge is 0.507 e. The Labute approximate surface area is 107 Å². The van der Waals surface area contributed by atoms with E-state index in [0.29, 0.717) is 18.8 Å². The van der Waals surface area contributed by atoms with Crippen molar-refractivity contribution in [1.82, 2.24) is 0 Å². The zero-order valence-corrected chi connectivity index (χ0v) is 10.8. The van der Waals surface area contributed by atoms with E-state index in [0.717, 1.165) is 12.8 Å². The fourth-order valence-electron chi connectivity index (χ4n) is 1.73. The fraction of sp³-hybridized carbons (Fsp3) is 0.500. The van der Waals surface area contributed by atoms with E-state index in [9.17, 15) is 14.3 Å². The van der Waals surface area contributed by atoms with Crippen LogP contribution in [0.3, 0.4) is 0 Å². The molecule has 1 N–H and O–H groups in total. The molecular formula is C14H19FO3. The summed E-state index contributed by atoms with van der Waals surface area (Å²) in [4.78, 5) is 11.8. The standard InChI is InChI=1S/C14H19FO3/c1-3-5-6-12(16)10-7-8-13(18-4-2)11(9-15)14(10)17/h7-8,17H,3-6,9H2,1-2H3. The molecular weight excluding hydrogens is 235 g/mol. The maximum absolute atomic E-state index is 12.9. The number of benzene rings is 1. The molecule has 0 aliphatic heterocycles. The van der Waals surface area contributed by atoms with E-state index >= 15 is 0 Å². The zero-order chi connectivity index (χ0) is 13.5. The lowest BCUT2D eigenvalue weighted by molar-refractivity contribution is 0.0977. The van der Waals surface area contributed by atoms with Crippen LogP contribution in [0.1, 0.15) is 49.0 Å². The first-order chi connectivity index (χ1) is 8.65. The Morgan fingerprint density at radius 2 is 2.11 bits per heavy atom. The maximum atomic E-state index is 12.9. The molecule has 0 atom stereocenters.